The number of rotatable bonds is 2. The van der Waals surface area contributed by atoms with Crippen molar-refractivity contribution in [2.45, 2.75) is 32.2 Å². The summed E-state index contributed by atoms with van der Waals surface area (Å²) in [6.07, 6.45) is 4.40. The van der Waals surface area contributed by atoms with E-state index in [0.29, 0.717) is 0 Å². The summed E-state index contributed by atoms with van der Waals surface area (Å²) in [6.45, 7) is 6.82. The quantitative estimate of drug-likeness (QED) is 0.387. The highest BCUT2D eigenvalue weighted by Crippen LogP contribution is 2.39. The van der Waals surface area contributed by atoms with E-state index in [0.717, 1.165) is 6.04 Å². The van der Waals surface area contributed by atoms with Crippen molar-refractivity contribution in [2.24, 2.45) is 0 Å². The SMILES string of the molecule is CCCC1CC[N+]12CC2. The van der Waals surface area contributed by atoms with Gasteiger partial charge in [-0.2, -0.15) is 0 Å². The van der Waals surface area contributed by atoms with E-state index >= 15 is 0 Å². The first kappa shape index (κ1) is 5.72. The van der Waals surface area contributed by atoms with Crippen LogP contribution in [0.5, 0.6) is 0 Å². The predicted molar refractivity (Wildman–Crippen MR) is 38.2 cm³/mol. The number of hydrogen-bond acceptors (Lipinski definition) is 0. The average Bonchev–Trinajstić information content (AvgIpc) is 2.60. The highest BCUT2D eigenvalue weighted by Gasteiger charge is 2.55. The Balaban J connectivity index is 1.85. The lowest BCUT2D eigenvalue weighted by molar-refractivity contribution is -0.873. The fourth-order valence-electron chi connectivity index (χ4n) is 2.15. The third kappa shape index (κ3) is 0.710. The van der Waals surface area contributed by atoms with Crippen LogP contribution < -0.4 is 0 Å². The molecule has 2 aliphatic rings. The van der Waals surface area contributed by atoms with Gasteiger partial charge in [0.1, 0.15) is 13.1 Å². The highest BCUT2D eigenvalue weighted by atomic mass is 15.5. The first-order valence-electron chi connectivity index (χ1n) is 4.23. The Kier molecular flexibility index (Phi) is 1.10. The Morgan fingerprint density at radius 2 is 2.11 bits per heavy atom. The molecule has 1 unspecified atom stereocenters. The zero-order valence-corrected chi connectivity index (χ0v) is 6.27. The summed E-state index contributed by atoms with van der Waals surface area (Å²) in [4.78, 5) is 0. The third-order valence-electron chi connectivity index (χ3n) is 3.10. The Bertz CT molecular complexity index is 116. The second kappa shape index (κ2) is 1.72. The summed E-state index contributed by atoms with van der Waals surface area (Å²) in [5.41, 5.74) is 0. The van der Waals surface area contributed by atoms with Crippen molar-refractivity contribution >= 4 is 0 Å². The molecule has 2 aliphatic heterocycles. The van der Waals surface area contributed by atoms with E-state index in [9.17, 15) is 0 Å². The summed E-state index contributed by atoms with van der Waals surface area (Å²) in [5, 5.41) is 0. The molecule has 52 valence electrons. The van der Waals surface area contributed by atoms with Crippen LogP contribution in [0.25, 0.3) is 0 Å². The molecule has 0 aliphatic carbocycles. The fraction of sp³-hybridized carbons (Fsp3) is 1.00. The Morgan fingerprint density at radius 3 is 2.44 bits per heavy atom. The van der Waals surface area contributed by atoms with Crippen LogP contribution >= 0.6 is 0 Å². The van der Waals surface area contributed by atoms with Gasteiger partial charge in [0.25, 0.3) is 0 Å². The van der Waals surface area contributed by atoms with Gasteiger partial charge in [-0.15, -0.1) is 0 Å². The third-order valence-corrected chi connectivity index (χ3v) is 3.10. The molecule has 2 heterocycles. The van der Waals surface area contributed by atoms with Crippen LogP contribution in [-0.4, -0.2) is 30.2 Å². The van der Waals surface area contributed by atoms with Crippen LogP contribution in [0.15, 0.2) is 0 Å². The molecule has 0 saturated carbocycles. The first-order chi connectivity index (χ1) is 4.37. The number of hydrogen-bond donors (Lipinski definition) is 0. The molecule has 0 aromatic carbocycles. The van der Waals surface area contributed by atoms with Crippen molar-refractivity contribution in [3.63, 3.8) is 0 Å². The molecule has 1 atom stereocenters. The topological polar surface area (TPSA) is 0 Å². The largest absolute Gasteiger partial charge is 0.311 e. The zero-order chi connectivity index (χ0) is 6.32. The van der Waals surface area contributed by atoms with Crippen LogP contribution in [0.4, 0.5) is 0 Å². The average molecular weight is 126 g/mol. The van der Waals surface area contributed by atoms with Gasteiger partial charge in [-0.3, -0.25) is 0 Å². The van der Waals surface area contributed by atoms with E-state index in [1.165, 1.54) is 43.4 Å². The minimum atomic E-state index is 1.09. The summed E-state index contributed by atoms with van der Waals surface area (Å²) < 4.78 is 1.52. The fourth-order valence-corrected chi connectivity index (χ4v) is 2.15. The zero-order valence-electron chi connectivity index (χ0n) is 6.27. The van der Waals surface area contributed by atoms with E-state index in [1.54, 1.807) is 0 Å². The lowest BCUT2D eigenvalue weighted by Gasteiger charge is -2.37. The highest BCUT2D eigenvalue weighted by molar-refractivity contribution is 4.77. The van der Waals surface area contributed by atoms with E-state index in [4.69, 9.17) is 0 Å². The summed E-state index contributed by atoms with van der Waals surface area (Å²) >= 11 is 0. The van der Waals surface area contributed by atoms with Gasteiger partial charge in [0.15, 0.2) is 0 Å². The molecule has 1 nitrogen and oxygen atoms in total. The van der Waals surface area contributed by atoms with Gasteiger partial charge < -0.3 is 4.48 Å². The molecule has 0 aromatic heterocycles. The van der Waals surface area contributed by atoms with Gasteiger partial charge in [0.2, 0.25) is 0 Å². The molecule has 0 aromatic rings. The van der Waals surface area contributed by atoms with Crippen LogP contribution in [-0.2, 0) is 0 Å². The van der Waals surface area contributed by atoms with Crippen molar-refractivity contribution < 1.29 is 4.48 Å². The lowest BCUT2D eigenvalue weighted by atomic mass is 9.99. The molecule has 2 saturated heterocycles. The molecule has 1 spiro atoms. The van der Waals surface area contributed by atoms with Gasteiger partial charge >= 0.3 is 0 Å². The van der Waals surface area contributed by atoms with E-state index in [2.05, 4.69) is 6.92 Å². The maximum atomic E-state index is 2.30. The lowest BCUT2D eigenvalue weighted by Crippen LogP contribution is -2.50. The second-order valence-electron chi connectivity index (χ2n) is 3.62. The summed E-state index contributed by atoms with van der Waals surface area (Å²) in [7, 11) is 0. The van der Waals surface area contributed by atoms with Crippen LogP contribution in [0, 0.1) is 0 Å². The Hall–Kier alpha value is -0.0400. The molecular weight excluding hydrogens is 110 g/mol. The second-order valence-corrected chi connectivity index (χ2v) is 3.62. The maximum absolute atomic E-state index is 2.30. The standard InChI is InChI=1S/C8H16N/c1-2-3-8-4-5-9(8)6-7-9/h8H,2-7H2,1H3/q+1. The first-order valence-corrected chi connectivity index (χ1v) is 4.23. The Morgan fingerprint density at radius 1 is 1.33 bits per heavy atom. The van der Waals surface area contributed by atoms with Crippen molar-refractivity contribution in [2.75, 3.05) is 19.6 Å². The number of nitrogens with zero attached hydrogens (tertiary/aromatic N) is 1. The van der Waals surface area contributed by atoms with Crippen LogP contribution in [0.2, 0.25) is 0 Å². The molecule has 0 bridgehead atoms. The summed E-state index contributed by atoms with van der Waals surface area (Å²) in [6, 6.07) is 1.09. The van der Waals surface area contributed by atoms with Crippen LogP contribution in [0.3, 0.4) is 0 Å². The van der Waals surface area contributed by atoms with Gasteiger partial charge in [0.05, 0.1) is 12.6 Å². The van der Waals surface area contributed by atoms with Crippen molar-refractivity contribution in [1.29, 1.82) is 0 Å². The van der Waals surface area contributed by atoms with E-state index in [-0.39, 0.29) is 0 Å². The molecular formula is C8H16N+. The van der Waals surface area contributed by atoms with Crippen molar-refractivity contribution in [3.8, 4) is 0 Å². The van der Waals surface area contributed by atoms with Crippen molar-refractivity contribution in [1.82, 2.24) is 0 Å². The normalized spacial score (nSPS) is 36.3. The summed E-state index contributed by atoms with van der Waals surface area (Å²) in [5.74, 6) is 0. The minimum absolute atomic E-state index is 1.09. The predicted octanol–water partition coefficient (Wildman–Crippen LogP) is 1.39. The Labute approximate surface area is 57.3 Å². The van der Waals surface area contributed by atoms with Gasteiger partial charge in [0, 0.05) is 6.42 Å². The monoisotopic (exact) mass is 126 g/mol. The van der Waals surface area contributed by atoms with Gasteiger partial charge in [-0.05, 0) is 6.42 Å². The molecule has 0 radical (unpaired) electrons. The molecule has 2 fully saturated rings. The minimum Gasteiger partial charge on any atom is -0.311 e. The molecule has 0 amide bonds. The van der Waals surface area contributed by atoms with Gasteiger partial charge in [-0.25, -0.2) is 0 Å². The van der Waals surface area contributed by atoms with E-state index in [1.807, 2.05) is 0 Å². The molecule has 2 rings (SSSR count). The maximum Gasteiger partial charge on any atom is 0.129 e. The molecule has 0 N–H and O–H groups in total. The molecule has 9 heavy (non-hydrogen) atoms. The molecule has 1 heteroatoms. The van der Waals surface area contributed by atoms with Crippen LogP contribution in [0.1, 0.15) is 26.2 Å². The number of quaternary nitrogens is 1. The van der Waals surface area contributed by atoms with Crippen molar-refractivity contribution in [3.05, 3.63) is 0 Å². The van der Waals surface area contributed by atoms with Gasteiger partial charge in [-0.1, -0.05) is 13.3 Å². The smallest absolute Gasteiger partial charge is 0.129 e. The van der Waals surface area contributed by atoms with E-state index < -0.39 is 0 Å².